The van der Waals surface area contributed by atoms with Gasteiger partial charge in [-0.05, 0) is 42.5 Å². The van der Waals surface area contributed by atoms with E-state index in [-0.39, 0.29) is 5.69 Å². The molecule has 23 heavy (non-hydrogen) atoms. The molecule has 1 aromatic carbocycles. The van der Waals surface area contributed by atoms with E-state index in [9.17, 15) is 9.18 Å². The van der Waals surface area contributed by atoms with Gasteiger partial charge in [-0.15, -0.1) is 10.2 Å². The third-order valence-electron chi connectivity index (χ3n) is 3.00. The fourth-order valence-corrected chi connectivity index (χ4v) is 1.90. The molecule has 0 aliphatic rings. The summed E-state index contributed by atoms with van der Waals surface area (Å²) >= 11 is 0. The van der Waals surface area contributed by atoms with Crippen LogP contribution in [0.4, 0.5) is 15.9 Å². The third-order valence-corrected chi connectivity index (χ3v) is 3.00. The van der Waals surface area contributed by atoms with E-state index in [1.54, 1.807) is 24.5 Å². The maximum atomic E-state index is 13.1. The molecule has 0 fully saturated rings. The minimum Gasteiger partial charge on any atom is -0.467 e. The molecular weight excluding hydrogens is 299 g/mol. The first kappa shape index (κ1) is 14.7. The molecule has 3 rings (SSSR count). The average Bonchev–Trinajstić information content (AvgIpc) is 3.07. The zero-order valence-corrected chi connectivity index (χ0v) is 12.0. The lowest BCUT2D eigenvalue weighted by molar-refractivity contribution is 0.102. The number of nitrogens with one attached hydrogen (secondary N) is 2. The van der Waals surface area contributed by atoms with Crippen molar-refractivity contribution in [2.45, 2.75) is 6.54 Å². The number of halogens is 1. The quantitative estimate of drug-likeness (QED) is 0.757. The number of aromatic nitrogens is 2. The average molecular weight is 312 g/mol. The van der Waals surface area contributed by atoms with Crippen LogP contribution in [-0.4, -0.2) is 16.1 Å². The summed E-state index contributed by atoms with van der Waals surface area (Å²) < 4.78 is 18.3. The van der Waals surface area contributed by atoms with Gasteiger partial charge in [-0.2, -0.15) is 0 Å². The molecule has 7 heteroatoms. The predicted molar refractivity (Wildman–Crippen MR) is 82.4 cm³/mol. The standard InChI is InChI=1S/C16H13FN4O2/c17-11-3-1-4-12(9-11)19-16(22)14-6-7-15(21-20-14)18-10-13-5-2-8-23-13/h1-9H,10H2,(H,18,21)(H,19,22). The maximum absolute atomic E-state index is 13.1. The van der Waals surface area contributed by atoms with Gasteiger partial charge < -0.3 is 15.1 Å². The summed E-state index contributed by atoms with van der Waals surface area (Å²) in [4.78, 5) is 12.0. The molecule has 0 unspecified atom stereocenters. The van der Waals surface area contributed by atoms with Crippen molar-refractivity contribution in [2.24, 2.45) is 0 Å². The summed E-state index contributed by atoms with van der Waals surface area (Å²) in [6.45, 7) is 0.469. The number of rotatable bonds is 5. The molecule has 0 bridgehead atoms. The third kappa shape index (κ3) is 3.91. The van der Waals surface area contributed by atoms with Crippen LogP contribution in [0.5, 0.6) is 0 Å². The van der Waals surface area contributed by atoms with Gasteiger partial charge in [0.25, 0.3) is 5.91 Å². The predicted octanol–water partition coefficient (Wildman–Crippen LogP) is 3.07. The van der Waals surface area contributed by atoms with Crippen LogP contribution >= 0.6 is 0 Å². The summed E-state index contributed by atoms with van der Waals surface area (Å²) in [6, 6.07) is 12.4. The van der Waals surface area contributed by atoms with Crippen LogP contribution < -0.4 is 10.6 Å². The summed E-state index contributed by atoms with van der Waals surface area (Å²) in [5.41, 5.74) is 0.495. The van der Waals surface area contributed by atoms with Crippen LogP contribution in [0.25, 0.3) is 0 Å². The Morgan fingerprint density at radius 1 is 1.13 bits per heavy atom. The van der Waals surface area contributed by atoms with Gasteiger partial charge in [0.05, 0.1) is 12.8 Å². The number of furan rings is 1. The van der Waals surface area contributed by atoms with Crippen molar-refractivity contribution in [2.75, 3.05) is 10.6 Å². The topological polar surface area (TPSA) is 80.0 Å². The fourth-order valence-electron chi connectivity index (χ4n) is 1.90. The first-order valence-corrected chi connectivity index (χ1v) is 6.87. The van der Waals surface area contributed by atoms with E-state index >= 15 is 0 Å². The van der Waals surface area contributed by atoms with Crippen molar-refractivity contribution in [1.29, 1.82) is 0 Å². The Balaban J connectivity index is 1.61. The number of amides is 1. The number of carbonyl (C=O) groups excluding carboxylic acids is 1. The molecule has 6 nitrogen and oxygen atoms in total. The fraction of sp³-hybridized carbons (Fsp3) is 0.0625. The first-order chi connectivity index (χ1) is 11.2. The van der Waals surface area contributed by atoms with E-state index in [2.05, 4.69) is 20.8 Å². The Hall–Kier alpha value is -3.22. The molecule has 2 heterocycles. The van der Waals surface area contributed by atoms with Crippen molar-refractivity contribution in [3.05, 3.63) is 72.1 Å². The zero-order chi connectivity index (χ0) is 16.1. The molecule has 0 radical (unpaired) electrons. The zero-order valence-electron chi connectivity index (χ0n) is 12.0. The number of hydrogen-bond acceptors (Lipinski definition) is 5. The minimum atomic E-state index is -0.458. The van der Waals surface area contributed by atoms with E-state index < -0.39 is 11.7 Å². The summed E-state index contributed by atoms with van der Waals surface area (Å²) in [6.07, 6.45) is 1.59. The van der Waals surface area contributed by atoms with Crippen LogP contribution in [0.2, 0.25) is 0 Å². The summed E-state index contributed by atoms with van der Waals surface area (Å²) in [5, 5.41) is 13.3. The lowest BCUT2D eigenvalue weighted by Gasteiger charge is -2.06. The van der Waals surface area contributed by atoms with Gasteiger partial charge in [-0.1, -0.05) is 6.07 Å². The molecule has 0 aliphatic carbocycles. The highest BCUT2D eigenvalue weighted by molar-refractivity contribution is 6.02. The lowest BCUT2D eigenvalue weighted by Crippen LogP contribution is -2.15. The second kappa shape index (κ2) is 6.69. The van der Waals surface area contributed by atoms with Gasteiger partial charge in [0.2, 0.25) is 0 Å². The van der Waals surface area contributed by atoms with Gasteiger partial charge in [0, 0.05) is 5.69 Å². The van der Waals surface area contributed by atoms with Gasteiger partial charge in [-0.3, -0.25) is 4.79 Å². The van der Waals surface area contributed by atoms with Crippen LogP contribution in [0.15, 0.2) is 59.2 Å². The van der Waals surface area contributed by atoms with Crippen molar-refractivity contribution < 1.29 is 13.6 Å². The van der Waals surface area contributed by atoms with Crippen molar-refractivity contribution in [1.82, 2.24) is 10.2 Å². The summed E-state index contributed by atoms with van der Waals surface area (Å²) in [7, 11) is 0. The highest BCUT2D eigenvalue weighted by Crippen LogP contribution is 2.11. The Kier molecular flexibility index (Phi) is 4.28. The first-order valence-electron chi connectivity index (χ1n) is 6.87. The number of anilines is 2. The maximum Gasteiger partial charge on any atom is 0.276 e. The minimum absolute atomic E-state index is 0.137. The molecule has 2 aromatic heterocycles. The molecule has 2 N–H and O–H groups in total. The largest absolute Gasteiger partial charge is 0.467 e. The normalized spacial score (nSPS) is 10.3. The monoisotopic (exact) mass is 312 g/mol. The SMILES string of the molecule is O=C(Nc1cccc(F)c1)c1ccc(NCc2ccco2)nn1. The smallest absolute Gasteiger partial charge is 0.276 e. The highest BCUT2D eigenvalue weighted by atomic mass is 19.1. The van der Waals surface area contributed by atoms with Crippen molar-refractivity contribution >= 4 is 17.4 Å². The van der Waals surface area contributed by atoms with E-state index in [1.807, 2.05) is 6.07 Å². The molecule has 0 atom stereocenters. The van der Waals surface area contributed by atoms with E-state index in [4.69, 9.17) is 4.42 Å². The number of benzene rings is 1. The van der Waals surface area contributed by atoms with E-state index in [1.165, 1.54) is 24.3 Å². The molecule has 0 spiro atoms. The van der Waals surface area contributed by atoms with E-state index in [0.717, 1.165) is 5.76 Å². The molecule has 0 saturated carbocycles. The molecule has 0 aliphatic heterocycles. The second-order valence-corrected chi connectivity index (χ2v) is 4.70. The van der Waals surface area contributed by atoms with Gasteiger partial charge in [-0.25, -0.2) is 4.39 Å². The van der Waals surface area contributed by atoms with Gasteiger partial charge >= 0.3 is 0 Å². The Morgan fingerprint density at radius 2 is 2.04 bits per heavy atom. The molecule has 1 amide bonds. The molecule has 3 aromatic rings. The van der Waals surface area contributed by atoms with Crippen LogP contribution in [0.1, 0.15) is 16.2 Å². The molecule has 116 valence electrons. The van der Waals surface area contributed by atoms with Crippen LogP contribution in [0, 0.1) is 5.82 Å². The second-order valence-electron chi connectivity index (χ2n) is 4.70. The Bertz CT molecular complexity index is 788. The number of nitrogens with zero attached hydrogens (tertiary/aromatic N) is 2. The summed E-state index contributed by atoms with van der Waals surface area (Å²) in [5.74, 6) is 0.399. The Labute approximate surface area is 131 Å². The van der Waals surface area contributed by atoms with Crippen LogP contribution in [0.3, 0.4) is 0 Å². The van der Waals surface area contributed by atoms with E-state index in [0.29, 0.717) is 18.1 Å². The lowest BCUT2D eigenvalue weighted by atomic mass is 10.3. The van der Waals surface area contributed by atoms with Crippen molar-refractivity contribution in [3.8, 4) is 0 Å². The van der Waals surface area contributed by atoms with Gasteiger partial charge in [0.15, 0.2) is 5.69 Å². The number of hydrogen-bond donors (Lipinski definition) is 2. The highest BCUT2D eigenvalue weighted by Gasteiger charge is 2.09. The van der Waals surface area contributed by atoms with Crippen LogP contribution in [-0.2, 0) is 6.54 Å². The Morgan fingerprint density at radius 3 is 2.74 bits per heavy atom. The van der Waals surface area contributed by atoms with Crippen molar-refractivity contribution in [3.63, 3.8) is 0 Å². The molecule has 0 saturated heterocycles. The molecular formula is C16H13FN4O2. The number of carbonyl (C=O) groups is 1. The van der Waals surface area contributed by atoms with Gasteiger partial charge in [0.1, 0.15) is 17.4 Å².